The van der Waals surface area contributed by atoms with Crippen molar-refractivity contribution in [1.29, 1.82) is 0 Å². The average molecular weight is 361 g/mol. The number of likely N-dealkylation sites (N-methyl/N-ethyl adjacent to an activating group) is 1. The van der Waals surface area contributed by atoms with Crippen molar-refractivity contribution >= 4 is 12.4 Å². The summed E-state index contributed by atoms with van der Waals surface area (Å²) in [6, 6.07) is 0. The van der Waals surface area contributed by atoms with Gasteiger partial charge in [-0.25, -0.2) is 0 Å². The molecule has 142 valence electrons. The van der Waals surface area contributed by atoms with Crippen molar-refractivity contribution in [1.82, 2.24) is 9.80 Å². The number of hydrogen-bond acceptors (Lipinski definition) is 4. The molecule has 1 saturated heterocycles. The van der Waals surface area contributed by atoms with Gasteiger partial charge in [-0.2, -0.15) is 0 Å². The molecular formula is C19H37ClN2O2. The molecule has 0 aromatic carbocycles. The summed E-state index contributed by atoms with van der Waals surface area (Å²) in [5.41, 5.74) is 0.597. The van der Waals surface area contributed by atoms with E-state index in [1.54, 1.807) is 0 Å². The normalized spacial score (nSPS) is 37.4. The van der Waals surface area contributed by atoms with Crippen LogP contribution in [0.4, 0.5) is 0 Å². The van der Waals surface area contributed by atoms with E-state index in [0.717, 1.165) is 45.2 Å². The Hall–Kier alpha value is 0.130. The molecule has 1 heterocycles. The monoisotopic (exact) mass is 360 g/mol. The van der Waals surface area contributed by atoms with Gasteiger partial charge in [0.1, 0.15) is 0 Å². The smallest absolute Gasteiger partial charge is 0.0900 e. The summed E-state index contributed by atoms with van der Waals surface area (Å²) in [6.45, 7) is 16.1. The highest BCUT2D eigenvalue weighted by Gasteiger charge is 2.60. The van der Waals surface area contributed by atoms with Gasteiger partial charge in [-0.3, -0.25) is 4.90 Å². The van der Waals surface area contributed by atoms with E-state index in [1.807, 2.05) is 0 Å². The zero-order valence-electron chi connectivity index (χ0n) is 16.0. The Kier molecular flexibility index (Phi) is 6.64. The van der Waals surface area contributed by atoms with Gasteiger partial charge < -0.3 is 14.7 Å². The van der Waals surface area contributed by atoms with E-state index >= 15 is 0 Å². The minimum absolute atomic E-state index is 0. The number of ether oxygens (including phenoxy) is 1. The summed E-state index contributed by atoms with van der Waals surface area (Å²) in [5.74, 6) is 0.803. The minimum Gasteiger partial charge on any atom is -0.389 e. The number of β-amino-alcohol motifs (C(OH)–C–C–N with tert-alkyl or cyclic N) is 1. The largest absolute Gasteiger partial charge is 0.389 e. The standard InChI is InChI=1S/C19H36N2O2.ClH/c1-5-20-8-10-21(11-9-20)13-16(22)14-23-17-18(2,3)15-6-7-19(17,4)12-15;/h15-17,22H,5-14H2,1-4H3;1H. The fourth-order valence-electron chi connectivity index (χ4n) is 5.52. The predicted molar refractivity (Wildman–Crippen MR) is 101 cm³/mol. The van der Waals surface area contributed by atoms with Crippen molar-refractivity contribution < 1.29 is 9.84 Å². The molecule has 1 aliphatic heterocycles. The fourth-order valence-corrected chi connectivity index (χ4v) is 5.52. The van der Waals surface area contributed by atoms with E-state index < -0.39 is 0 Å². The first kappa shape index (κ1) is 20.4. The molecule has 5 heteroatoms. The molecule has 3 aliphatic rings. The van der Waals surface area contributed by atoms with Gasteiger partial charge in [0.2, 0.25) is 0 Å². The Bertz CT molecular complexity index is 407. The highest BCUT2D eigenvalue weighted by Crippen LogP contribution is 2.63. The highest BCUT2D eigenvalue weighted by molar-refractivity contribution is 5.85. The van der Waals surface area contributed by atoms with Crippen LogP contribution in [-0.2, 0) is 4.74 Å². The average Bonchev–Trinajstić information content (AvgIpc) is 2.98. The molecule has 0 radical (unpaired) electrons. The van der Waals surface area contributed by atoms with Crippen LogP contribution in [0.25, 0.3) is 0 Å². The molecule has 2 aliphatic carbocycles. The first-order valence-corrected chi connectivity index (χ1v) is 9.59. The maximum atomic E-state index is 10.4. The van der Waals surface area contributed by atoms with Crippen LogP contribution in [0, 0.1) is 16.7 Å². The molecule has 2 saturated carbocycles. The van der Waals surface area contributed by atoms with Gasteiger partial charge in [0.25, 0.3) is 0 Å². The van der Waals surface area contributed by atoms with Crippen LogP contribution in [0.15, 0.2) is 0 Å². The molecular weight excluding hydrogens is 324 g/mol. The zero-order valence-corrected chi connectivity index (χ0v) is 16.8. The number of piperazine rings is 1. The number of aliphatic hydroxyl groups excluding tert-OH is 1. The van der Waals surface area contributed by atoms with E-state index in [9.17, 15) is 5.11 Å². The fraction of sp³-hybridized carbons (Fsp3) is 1.00. The Morgan fingerprint density at radius 3 is 2.29 bits per heavy atom. The number of fused-ring (bicyclic) bond motifs is 2. The van der Waals surface area contributed by atoms with Crippen LogP contribution in [0.5, 0.6) is 0 Å². The molecule has 1 N–H and O–H groups in total. The summed E-state index contributed by atoms with van der Waals surface area (Å²) >= 11 is 0. The zero-order chi connectivity index (χ0) is 16.7. The number of halogens is 1. The van der Waals surface area contributed by atoms with Gasteiger partial charge in [-0.05, 0) is 42.6 Å². The van der Waals surface area contributed by atoms with Gasteiger partial charge in [-0.1, -0.05) is 27.7 Å². The Balaban J connectivity index is 0.00000208. The second kappa shape index (κ2) is 7.79. The van der Waals surface area contributed by atoms with Gasteiger partial charge in [-0.15, -0.1) is 12.4 Å². The van der Waals surface area contributed by atoms with Crippen LogP contribution < -0.4 is 0 Å². The van der Waals surface area contributed by atoms with Crippen molar-refractivity contribution in [2.75, 3.05) is 45.9 Å². The molecule has 3 rings (SSSR count). The van der Waals surface area contributed by atoms with Crippen LogP contribution in [0.1, 0.15) is 47.0 Å². The molecule has 4 nitrogen and oxygen atoms in total. The quantitative estimate of drug-likeness (QED) is 0.790. The van der Waals surface area contributed by atoms with E-state index in [1.165, 1.54) is 19.3 Å². The minimum atomic E-state index is -0.360. The van der Waals surface area contributed by atoms with E-state index in [0.29, 0.717) is 18.1 Å². The molecule has 2 bridgehead atoms. The Morgan fingerprint density at radius 1 is 1.12 bits per heavy atom. The third-order valence-electron chi connectivity index (χ3n) is 6.97. The van der Waals surface area contributed by atoms with Crippen molar-refractivity contribution in [3.63, 3.8) is 0 Å². The molecule has 0 aromatic heterocycles. The van der Waals surface area contributed by atoms with E-state index in [2.05, 4.69) is 37.5 Å². The number of aliphatic hydroxyl groups is 1. The summed E-state index contributed by atoms with van der Waals surface area (Å²) < 4.78 is 6.31. The third-order valence-corrected chi connectivity index (χ3v) is 6.97. The molecule has 0 amide bonds. The van der Waals surface area contributed by atoms with Crippen LogP contribution in [0.3, 0.4) is 0 Å². The number of rotatable bonds is 6. The molecule has 0 spiro atoms. The third kappa shape index (κ3) is 3.93. The molecule has 0 aromatic rings. The van der Waals surface area contributed by atoms with Gasteiger partial charge in [0.15, 0.2) is 0 Å². The summed E-state index contributed by atoms with van der Waals surface area (Å²) in [4.78, 5) is 4.85. The summed E-state index contributed by atoms with van der Waals surface area (Å²) in [5, 5.41) is 10.4. The lowest BCUT2D eigenvalue weighted by Crippen LogP contribution is -2.49. The van der Waals surface area contributed by atoms with Crippen molar-refractivity contribution in [2.45, 2.75) is 59.2 Å². The second-order valence-electron chi connectivity index (χ2n) is 9.02. The van der Waals surface area contributed by atoms with E-state index in [-0.39, 0.29) is 23.9 Å². The van der Waals surface area contributed by atoms with Crippen LogP contribution in [0.2, 0.25) is 0 Å². The molecule has 4 unspecified atom stereocenters. The van der Waals surface area contributed by atoms with Gasteiger partial charge in [0.05, 0.1) is 18.8 Å². The predicted octanol–water partition coefficient (Wildman–Crippen LogP) is 2.64. The molecule has 4 atom stereocenters. The van der Waals surface area contributed by atoms with Gasteiger partial charge in [0, 0.05) is 32.7 Å². The van der Waals surface area contributed by atoms with Gasteiger partial charge >= 0.3 is 0 Å². The highest BCUT2D eigenvalue weighted by atomic mass is 35.5. The van der Waals surface area contributed by atoms with Crippen LogP contribution in [-0.4, -0.2) is 73.0 Å². The Labute approximate surface area is 154 Å². The lowest BCUT2D eigenvalue weighted by molar-refractivity contribution is -0.114. The number of hydrogen-bond donors (Lipinski definition) is 1. The number of nitrogens with zero attached hydrogens (tertiary/aromatic N) is 2. The maximum absolute atomic E-state index is 10.4. The Morgan fingerprint density at radius 2 is 1.75 bits per heavy atom. The molecule has 24 heavy (non-hydrogen) atoms. The van der Waals surface area contributed by atoms with E-state index in [4.69, 9.17) is 4.74 Å². The SMILES string of the molecule is CCN1CCN(CC(O)COC2C3(C)CCC(C3)C2(C)C)CC1.Cl. The molecule has 3 fully saturated rings. The first-order chi connectivity index (χ1) is 10.8. The van der Waals surface area contributed by atoms with Crippen molar-refractivity contribution in [2.24, 2.45) is 16.7 Å². The lowest BCUT2D eigenvalue weighted by atomic mass is 9.70. The van der Waals surface area contributed by atoms with Crippen LogP contribution >= 0.6 is 12.4 Å². The first-order valence-electron chi connectivity index (χ1n) is 9.59. The van der Waals surface area contributed by atoms with Crippen molar-refractivity contribution in [3.05, 3.63) is 0 Å². The summed E-state index contributed by atoms with van der Waals surface area (Å²) in [6.07, 6.45) is 3.90. The lowest BCUT2D eigenvalue weighted by Gasteiger charge is -2.43. The summed E-state index contributed by atoms with van der Waals surface area (Å²) in [7, 11) is 0. The topological polar surface area (TPSA) is 35.9 Å². The maximum Gasteiger partial charge on any atom is 0.0900 e. The second-order valence-corrected chi connectivity index (χ2v) is 9.02. The van der Waals surface area contributed by atoms with Crippen molar-refractivity contribution in [3.8, 4) is 0 Å².